The number of para-hydroxylation sites is 1. The molecule has 0 aliphatic heterocycles. The lowest BCUT2D eigenvalue weighted by atomic mass is 10.0. The van der Waals surface area contributed by atoms with Gasteiger partial charge in [-0.05, 0) is 29.3 Å². The zero-order chi connectivity index (χ0) is 19.2. The maximum atomic E-state index is 12.8. The highest BCUT2D eigenvalue weighted by Gasteiger charge is 2.17. The van der Waals surface area contributed by atoms with Crippen LogP contribution in [0.15, 0.2) is 72.8 Å². The topological polar surface area (TPSA) is 75.6 Å². The van der Waals surface area contributed by atoms with E-state index in [1.165, 1.54) is 0 Å². The van der Waals surface area contributed by atoms with Crippen molar-refractivity contribution in [3.8, 4) is 16.9 Å². The van der Waals surface area contributed by atoms with Crippen molar-refractivity contribution in [3.05, 3.63) is 83.9 Å². The molecule has 5 nitrogen and oxygen atoms in total. The number of anilines is 1. The van der Waals surface area contributed by atoms with E-state index in [0.717, 1.165) is 11.1 Å². The van der Waals surface area contributed by atoms with Crippen LogP contribution in [0.1, 0.15) is 15.9 Å². The molecule has 0 unspecified atom stereocenters. The number of ether oxygens (including phenoxy) is 1. The number of nitrogens with one attached hydrogen (secondary N) is 1. The molecule has 5 heteroatoms. The maximum Gasteiger partial charge on any atom is 0.307 e. The van der Waals surface area contributed by atoms with Crippen molar-refractivity contribution in [2.75, 3.05) is 12.4 Å². The molecule has 3 rings (SSSR count). The van der Waals surface area contributed by atoms with E-state index in [9.17, 15) is 9.59 Å². The van der Waals surface area contributed by atoms with E-state index in [2.05, 4.69) is 5.32 Å². The lowest BCUT2D eigenvalue weighted by Crippen LogP contribution is -2.13. The summed E-state index contributed by atoms with van der Waals surface area (Å²) in [4.78, 5) is 23.5. The summed E-state index contributed by atoms with van der Waals surface area (Å²) in [6.07, 6.45) is -0.0544. The number of methoxy groups -OCH3 is 1. The molecule has 0 bridgehead atoms. The van der Waals surface area contributed by atoms with Gasteiger partial charge in [0.05, 0.1) is 19.1 Å². The van der Waals surface area contributed by atoms with Crippen LogP contribution in [0.25, 0.3) is 11.1 Å². The van der Waals surface area contributed by atoms with Gasteiger partial charge in [0.1, 0.15) is 5.75 Å². The molecule has 136 valence electrons. The molecular formula is C22H19NO4. The molecule has 0 spiro atoms. The molecule has 0 radical (unpaired) electrons. The minimum Gasteiger partial charge on any atom is -0.495 e. The molecule has 3 aromatic rings. The zero-order valence-electron chi connectivity index (χ0n) is 14.8. The summed E-state index contributed by atoms with van der Waals surface area (Å²) in [7, 11) is 1.54. The van der Waals surface area contributed by atoms with Gasteiger partial charge < -0.3 is 15.2 Å². The number of amides is 1. The second-order valence-corrected chi connectivity index (χ2v) is 5.97. The molecular weight excluding hydrogens is 342 g/mol. The molecule has 0 saturated heterocycles. The van der Waals surface area contributed by atoms with Crippen LogP contribution in [0.2, 0.25) is 0 Å². The smallest absolute Gasteiger partial charge is 0.307 e. The lowest BCUT2D eigenvalue weighted by molar-refractivity contribution is -0.136. The first-order valence-corrected chi connectivity index (χ1v) is 8.43. The van der Waals surface area contributed by atoms with Crippen LogP contribution >= 0.6 is 0 Å². The maximum absolute atomic E-state index is 12.8. The Morgan fingerprint density at radius 2 is 1.63 bits per heavy atom. The van der Waals surface area contributed by atoms with Crippen molar-refractivity contribution in [3.63, 3.8) is 0 Å². The van der Waals surface area contributed by atoms with E-state index >= 15 is 0 Å². The molecule has 2 N–H and O–H groups in total. The van der Waals surface area contributed by atoms with Gasteiger partial charge in [-0.2, -0.15) is 0 Å². The minimum absolute atomic E-state index is 0.0544. The summed E-state index contributed by atoms with van der Waals surface area (Å²) >= 11 is 0. The third-order valence-corrected chi connectivity index (χ3v) is 4.12. The number of carbonyl (C=O) groups is 2. The molecule has 1 amide bonds. The number of carboxylic acid groups (broad SMARTS) is 1. The molecule has 0 fully saturated rings. The number of rotatable bonds is 6. The minimum atomic E-state index is -0.894. The fraction of sp³-hybridized carbons (Fsp3) is 0.0909. The van der Waals surface area contributed by atoms with Crippen molar-refractivity contribution in [2.24, 2.45) is 0 Å². The number of aliphatic carboxylic acids is 1. The Kier molecular flexibility index (Phi) is 5.52. The van der Waals surface area contributed by atoms with E-state index in [-0.39, 0.29) is 12.3 Å². The highest BCUT2D eigenvalue weighted by Crippen LogP contribution is 2.33. The van der Waals surface area contributed by atoms with Crippen LogP contribution < -0.4 is 10.1 Å². The highest BCUT2D eigenvalue weighted by atomic mass is 16.5. The van der Waals surface area contributed by atoms with E-state index in [4.69, 9.17) is 9.84 Å². The monoisotopic (exact) mass is 361 g/mol. The van der Waals surface area contributed by atoms with Crippen LogP contribution in [-0.2, 0) is 11.2 Å². The van der Waals surface area contributed by atoms with Crippen LogP contribution in [0.5, 0.6) is 5.75 Å². The predicted molar refractivity (Wildman–Crippen MR) is 104 cm³/mol. The van der Waals surface area contributed by atoms with E-state index in [0.29, 0.717) is 22.6 Å². The molecule has 27 heavy (non-hydrogen) atoms. The van der Waals surface area contributed by atoms with Crippen LogP contribution in [0, 0.1) is 0 Å². The summed E-state index contributed by atoms with van der Waals surface area (Å²) in [5.74, 6) is -0.687. The Morgan fingerprint density at radius 1 is 0.926 bits per heavy atom. The van der Waals surface area contributed by atoms with Crippen molar-refractivity contribution in [2.45, 2.75) is 6.42 Å². The number of hydrogen-bond acceptors (Lipinski definition) is 3. The van der Waals surface area contributed by atoms with E-state index < -0.39 is 5.97 Å². The number of benzene rings is 3. The number of carbonyl (C=O) groups excluding carboxylic acids is 1. The quantitative estimate of drug-likeness (QED) is 0.688. The van der Waals surface area contributed by atoms with Crippen LogP contribution in [0.3, 0.4) is 0 Å². The zero-order valence-corrected chi connectivity index (χ0v) is 14.8. The van der Waals surface area contributed by atoms with Crippen molar-refractivity contribution in [1.29, 1.82) is 0 Å². The Morgan fingerprint density at radius 3 is 2.26 bits per heavy atom. The Labute approximate surface area is 157 Å². The van der Waals surface area contributed by atoms with Crippen molar-refractivity contribution in [1.82, 2.24) is 0 Å². The molecule has 0 aliphatic carbocycles. The summed E-state index contributed by atoms with van der Waals surface area (Å²) in [5.41, 5.74) is 3.48. The first kappa shape index (κ1) is 18.2. The fourth-order valence-electron chi connectivity index (χ4n) is 2.86. The van der Waals surface area contributed by atoms with Gasteiger partial charge in [-0.1, -0.05) is 54.6 Å². The molecule has 0 saturated carbocycles. The SMILES string of the molecule is COc1c(C(=O)Nc2ccc(CC(=O)O)cc2)cccc1-c1ccccc1. The van der Waals surface area contributed by atoms with Gasteiger partial charge in [-0.3, -0.25) is 9.59 Å². The van der Waals surface area contributed by atoms with Crippen LogP contribution in [-0.4, -0.2) is 24.1 Å². The van der Waals surface area contributed by atoms with E-state index in [1.807, 2.05) is 42.5 Å². The Hall–Kier alpha value is -3.60. The average molecular weight is 361 g/mol. The average Bonchev–Trinajstić information content (AvgIpc) is 2.69. The molecule has 0 atom stereocenters. The Bertz CT molecular complexity index is 950. The molecule has 3 aromatic carbocycles. The summed E-state index contributed by atoms with van der Waals surface area (Å²) < 4.78 is 5.53. The number of hydrogen-bond donors (Lipinski definition) is 2. The second kappa shape index (κ2) is 8.19. The van der Waals surface area contributed by atoms with Crippen molar-refractivity contribution < 1.29 is 19.4 Å². The van der Waals surface area contributed by atoms with Crippen molar-refractivity contribution >= 4 is 17.6 Å². The van der Waals surface area contributed by atoms with Gasteiger partial charge in [0.15, 0.2) is 0 Å². The van der Waals surface area contributed by atoms with Gasteiger partial charge >= 0.3 is 5.97 Å². The molecule has 0 heterocycles. The van der Waals surface area contributed by atoms with Gasteiger partial charge in [0, 0.05) is 11.3 Å². The largest absolute Gasteiger partial charge is 0.495 e. The van der Waals surface area contributed by atoms with E-state index in [1.54, 1.807) is 37.4 Å². The standard InChI is InChI=1S/C22H19NO4/c1-27-21-18(16-6-3-2-4-7-16)8-5-9-19(21)22(26)23-17-12-10-15(11-13-17)14-20(24)25/h2-13H,14H2,1H3,(H,23,26)(H,24,25). The third-order valence-electron chi connectivity index (χ3n) is 4.12. The Balaban J connectivity index is 1.85. The summed E-state index contributed by atoms with van der Waals surface area (Å²) in [6.45, 7) is 0. The summed E-state index contributed by atoms with van der Waals surface area (Å²) in [6, 6.07) is 21.9. The first-order chi connectivity index (χ1) is 13.1. The lowest BCUT2D eigenvalue weighted by Gasteiger charge is -2.14. The normalized spacial score (nSPS) is 10.3. The van der Waals surface area contributed by atoms with Gasteiger partial charge in [-0.25, -0.2) is 0 Å². The summed E-state index contributed by atoms with van der Waals surface area (Å²) in [5, 5.41) is 11.7. The number of carboxylic acids is 1. The molecule has 0 aromatic heterocycles. The second-order valence-electron chi connectivity index (χ2n) is 5.97. The first-order valence-electron chi connectivity index (χ1n) is 8.43. The van der Waals surface area contributed by atoms with Gasteiger partial charge in [0.25, 0.3) is 5.91 Å². The van der Waals surface area contributed by atoms with Gasteiger partial charge in [-0.15, -0.1) is 0 Å². The third kappa shape index (κ3) is 4.33. The molecule has 0 aliphatic rings. The van der Waals surface area contributed by atoms with Gasteiger partial charge in [0.2, 0.25) is 0 Å². The van der Waals surface area contributed by atoms with Crippen LogP contribution in [0.4, 0.5) is 5.69 Å². The highest BCUT2D eigenvalue weighted by molar-refractivity contribution is 6.07. The fourth-order valence-corrected chi connectivity index (χ4v) is 2.86. The predicted octanol–water partition coefficient (Wildman–Crippen LogP) is 4.24.